The van der Waals surface area contributed by atoms with Crippen molar-refractivity contribution in [2.24, 2.45) is 0 Å². The minimum atomic E-state index is -3.76. The van der Waals surface area contributed by atoms with Crippen molar-refractivity contribution in [2.75, 3.05) is 5.90 Å². The molecule has 1 aliphatic rings. The van der Waals surface area contributed by atoms with E-state index in [9.17, 15) is 8.42 Å². The van der Waals surface area contributed by atoms with Crippen molar-refractivity contribution in [3.05, 3.63) is 0 Å². The van der Waals surface area contributed by atoms with Gasteiger partial charge in [0.25, 0.3) is 10.1 Å². The summed E-state index contributed by atoms with van der Waals surface area (Å²) in [4.78, 5) is 0. The molecule has 10 heavy (non-hydrogen) atoms. The minimum Gasteiger partial charge on any atom is -0.285 e. The summed E-state index contributed by atoms with van der Waals surface area (Å²) < 4.78 is 29.1. The van der Waals surface area contributed by atoms with E-state index in [0.29, 0.717) is 8.58 Å². The third kappa shape index (κ3) is 1.99. The Balaban J connectivity index is 2.60. The van der Waals surface area contributed by atoms with Gasteiger partial charge in [-0.25, -0.2) is 0 Å². The largest absolute Gasteiger partial charge is 0.285 e. The SMILES string of the molecule is O=S(=O)(O)C1PCP1SS. The summed E-state index contributed by atoms with van der Waals surface area (Å²) in [6, 6.07) is 0. The van der Waals surface area contributed by atoms with E-state index in [1.165, 1.54) is 10.4 Å². The van der Waals surface area contributed by atoms with Gasteiger partial charge in [0.2, 0.25) is 0 Å². The summed E-state index contributed by atoms with van der Waals surface area (Å²) in [5.41, 5.74) is 0. The molecule has 0 aromatic heterocycles. The van der Waals surface area contributed by atoms with Crippen LogP contribution >= 0.6 is 37.8 Å². The molecule has 0 radical (unpaired) electrons. The average Bonchev–Trinajstić information content (AvgIpc) is 1.57. The van der Waals surface area contributed by atoms with Crippen LogP contribution in [0.3, 0.4) is 0 Å². The van der Waals surface area contributed by atoms with Gasteiger partial charge in [-0.1, -0.05) is 19.0 Å². The number of hydrogen-bond acceptors (Lipinski definition) is 4. The monoisotopic (exact) mass is 236 g/mol. The van der Waals surface area contributed by atoms with Crippen LogP contribution in [0.4, 0.5) is 0 Å². The van der Waals surface area contributed by atoms with Crippen LogP contribution in [0.1, 0.15) is 0 Å². The normalized spacial score (nSPS) is 35.8. The molecule has 0 saturated carbocycles. The van der Waals surface area contributed by atoms with Crippen molar-refractivity contribution in [3.63, 3.8) is 0 Å². The molecule has 0 bridgehead atoms. The highest BCUT2D eigenvalue weighted by Crippen LogP contribution is 2.74. The zero-order chi connectivity index (χ0) is 7.78. The molecule has 1 saturated heterocycles. The lowest BCUT2D eigenvalue weighted by Crippen LogP contribution is -2.19. The van der Waals surface area contributed by atoms with Crippen molar-refractivity contribution in [3.8, 4) is 0 Å². The molecule has 0 aliphatic carbocycles. The Morgan fingerprint density at radius 1 is 1.80 bits per heavy atom. The first-order valence-electron chi connectivity index (χ1n) is 2.33. The summed E-state index contributed by atoms with van der Waals surface area (Å²) in [6.07, 6.45) is 0. The first-order chi connectivity index (χ1) is 4.55. The second-order valence-electron chi connectivity index (χ2n) is 1.73. The van der Waals surface area contributed by atoms with Crippen molar-refractivity contribution in [1.29, 1.82) is 0 Å². The highest BCUT2D eigenvalue weighted by molar-refractivity contribution is 8.95. The van der Waals surface area contributed by atoms with Crippen LogP contribution in [0.5, 0.6) is 0 Å². The second kappa shape index (κ2) is 3.46. The van der Waals surface area contributed by atoms with E-state index < -0.39 is 22.0 Å². The Hall–Kier alpha value is 1.47. The number of hydrogen-bond donors (Lipinski definition) is 2. The van der Waals surface area contributed by atoms with E-state index in [-0.39, 0.29) is 0 Å². The maximum absolute atomic E-state index is 10.5. The maximum Gasteiger partial charge on any atom is 0.276 e. The molecular weight excluding hydrogens is 230 g/mol. The summed E-state index contributed by atoms with van der Waals surface area (Å²) in [5, 5.41) is 0. The highest BCUT2D eigenvalue weighted by atomic mass is 33.3. The molecule has 3 atom stereocenters. The number of rotatable bonds is 2. The highest BCUT2D eigenvalue weighted by Gasteiger charge is 2.39. The minimum absolute atomic E-state index is 0.372. The Labute approximate surface area is 71.6 Å². The molecule has 1 heterocycles. The zero-order valence-electron chi connectivity index (χ0n) is 4.76. The van der Waals surface area contributed by atoms with E-state index >= 15 is 0 Å². The van der Waals surface area contributed by atoms with Crippen LogP contribution in [0.25, 0.3) is 0 Å². The predicted molar refractivity (Wildman–Crippen MR) is 52.0 cm³/mol. The van der Waals surface area contributed by atoms with E-state index in [0.717, 1.165) is 5.90 Å². The van der Waals surface area contributed by atoms with Gasteiger partial charge in [-0.3, -0.25) is 4.55 Å². The molecule has 1 rings (SSSR count). The predicted octanol–water partition coefficient (Wildman–Crippen LogP) is 1.78. The lowest BCUT2D eigenvalue weighted by Gasteiger charge is -2.31. The fourth-order valence-corrected chi connectivity index (χ4v) is 13.9. The van der Waals surface area contributed by atoms with Crippen LogP contribution in [0, 0.1) is 0 Å². The lowest BCUT2D eigenvalue weighted by atomic mass is 11.8. The molecule has 0 aromatic carbocycles. The molecule has 3 nitrogen and oxygen atoms in total. The van der Waals surface area contributed by atoms with Crippen LogP contribution in [0.15, 0.2) is 0 Å². The van der Waals surface area contributed by atoms with Crippen molar-refractivity contribution in [2.45, 2.75) is 4.73 Å². The van der Waals surface area contributed by atoms with Crippen molar-refractivity contribution >= 4 is 47.9 Å². The van der Waals surface area contributed by atoms with E-state index in [1.54, 1.807) is 0 Å². The van der Waals surface area contributed by atoms with Crippen LogP contribution in [-0.2, 0) is 10.1 Å². The molecule has 60 valence electrons. The number of thiol groups is 1. The standard InChI is InChI=1S/C2H6O3P2S3/c3-10(4,5)2-6-1-7(2)9-8/h2,6,8H,1H2,(H,3,4,5). The van der Waals surface area contributed by atoms with E-state index in [1.807, 2.05) is 0 Å². The summed E-state index contributed by atoms with van der Waals surface area (Å²) in [5.74, 6) is 0.925. The Bertz CT molecular complexity index is 212. The molecule has 8 heteroatoms. The molecular formula is C2H6O3P2S3. The fraction of sp³-hybridized carbons (Fsp3) is 1.00. The summed E-state index contributed by atoms with van der Waals surface area (Å²) >= 11 is 3.91. The molecule has 0 amide bonds. The van der Waals surface area contributed by atoms with Crippen molar-refractivity contribution in [1.82, 2.24) is 0 Å². The van der Waals surface area contributed by atoms with Crippen molar-refractivity contribution < 1.29 is 13.0 Å². The quantitative estimate of drug-likeness (QED) is 0.332. The zero-order valence-corrected chi connectivity index (χ0v) is 9.18. The fourth-order valence-electron chi connectivity index (χ4n) is 0.566. The van der Waals surface area contributed by atoms with Crippen LogP contribution in [-0.4, -0.2) is 23.6 Å². The van der Waals surface area contributed by atoms with E-state index in [4.69, 9.17) is 4.55 Å². The van der Waals surface area contributed by atoms with Gasteiger partial charge in [0, 0.05) is 0 Å². The second-order valence-corrected chi connectivity index (χ2v) is 11.6. The van der Waals surface area contributed by atoms with Gasteiger partial charge in [-0.2, -0.15) is 8.42 Å². The summed E-state index contributed by atoms with van der Waals surface area (Å²) in [6.45, 7) is 0. The Morgan fingerprint density at radius 3 is 2.50 bits per heavy atom. The topological polar surface area (TPSA) is 54.4 Å². The molecule has 0 spiro atoms. The van der Waals surface area contributed by atoms with Gasteiger partial charge in [0.1, 0.15) is 4.73 Å². The lowest BCUT2D eigenvalue weighted by molar-refractivity contribution is 0.486. The van der Waals surface area contributed by atoms with Gasteiger partial charge in [-0.05, 0) is 13.0 Å². The first kappa shape index (κ1) is 9.56. The maximum atomic E-state index is 10.5. The van der Waals surface area contributed by atoms with Gasteiger partial charge >= 0.3 is 0 Å². The first-order valence-corrected chi connectivity index (χ1v) is 9.19. The molecule has 1 fully saturated rings. The van der Waals surface area contributed by atoms with Crippen LogP contribution in [0.2, 0.25) is 0 Å². The van der Waals surface area contributed by atoms with Gasteiger partial charge < -0.3 is 0 Å². The molecule has 3 unspecified atom stereocenters. The average molecular weight is 236 g/mol. The smallest absolute Gasteiger partial charge is 0.276 e. The summed E-state index contributed by atoms with van der Waals surface area (Å²) in [7, 11) is -2.70. The molecule has 0 aromatic rings. The Morgan fingerprint density at radius 2 is 2.40 bits per heavy atom. The van der Waals surface area contributed by atoms with Crippen LogP contribution < -0.4 is 0 Å². The van der Waals surface area contributed by atoms with Gasteiger partial charge in [0.05, 0.1) is 0 Å². The van der Waals surface area contributed by atoms with E-state index in [2.05, 4.69) is 11.7 Å². The Kier molecular flexibility index (Phi) is 3.31. The molecule has 1 aliphatic heterocycles. The van der Waals surface area contributed by atoms with Gasteiger partial charge in [0.15, 0.2) is 0 Å². The van der Waals surface area contributed by atoms with Gasteiger partial charge in [-0.15, -0.1) is 11.7 Å². The third-order valence-corrected chi connectivity index (χ3v) is 14.4. The third-order valence-electron chi connectivity index (χ3n) is 1.07. The molecule has 1 N–H and O–H groups in total.